The number of rotatable bonds is 15. The Morgan fingerprint density at radius 2 is 1.68 bits per heavy atom. The molecular weight excluding hydrogens is 502 g/mol. The van der Waals surface area contributed by atoms with Crippen molar-refractivity contribution in [2.75, 3.05) is 30.8 Å². The van der Waals surface area contributed by atoms with E-state index in [2.05, 4.69) is 12.2 Å². The summed E-state index contributed by atoms with van der Waals surface area (Å²) >= 11 is 0. The predicted octanol–water partition coefficient (Wildman–Crippen LogP) is 4.58. The SMILES string of the molecule is CCCCNC(=O)[C@@H](CC)N(Cc1ccc(OC)cc1)C(=O)CCCN(c1ccc(C)c(C)c1)S(C)(=O)=O. The van der Waals surface area contributed by atoms with E-state index < -0.39 is 16.1 Å². The highest BCUT2D eigenvalue weighted by Crippen LogP contribution is 2.23. The molecule has 2 aromatic carbocycles. The number of benzene rings is 2. The van der Waals surface area contributed by atoms with Gasteiger partial charge in [0.2, 0.25) is 21.8 Å². The molecule has 0 radical (unpaired) electrons. The molecule has 0 aliphatic carbocycles. The molecule has 0 aliphatic rings. The second-order valence-electron chi connectivity index (χ2n) is 9.65. The number of carbonyl (C=O) groups is 2. The maximum absolute atomic E-state index is 13.5. The highest BCUT2D eigenvalue weighted by atomic mass is 32.2. The molecule has 0 unspecified atom stereocenters. The van der Waals surface area contributed by atoms with E-state index in [1.54, 1.807) is 18.1 Å². The number of sulfonamides is 1. The normalized spacial score (nSPS) is 12.1. The van der Waals surface area contributed by atoms with Crippen LogP contribution in [0.15, 0.2) is 42.5 Å². The van der Waals surface area contributed by atoms with Gasteiger partial charge in [0.1, 0.15) is 11.8 Å². The van der Waals surface area contributed by atoms with E-state index in [9.17, 15) is 18.0 Å². The van der Waals surface area contributed by atoms with Gasteiger partial charge in [0, 0.05) is 26.1 Å². The molecule has 210 valence electrons. The number of nitrogens with zero attached hydrogens (tertiary/aromatic N) is 2. The molecule has 0 spiro atoms. The molecule has 2 aromatic rings. The van der Waals surface area contributed by atoms with E-state index in [-0.39, 0.29) is 31.3 Å². The summed E-state index contributed by atoms with van der Waals surface area (Å²) in [5.74, 6) is 0.353. The quantitative estimate of drug-likeness (QED) is 0.331. The van der Waals surface area contributed by atoms with Crippen molar-refractivity contribution in [2.45, 2.75) is 72.4 Å². The maximum atomic E-state index is 13.5. The Kier molecular flexibility index (Phi) is 12.1. The molecule has 9 heteroatoms. The van der Waals surface area contributed by atoms with Gasteiger partial charge in [-0.15, -0.1) is 0 Å². The lowest BCUT2D eigenvalue weighted by atomic mass is 10.1. The van der Waals surface area contributed by atoms with Crippen LogP contribution in [-0.4, -0.2) is 57.6 Å². The van der Waals surface area contributed by atoms with Crippen molar-refractivity contribution >= 4 is 27.5 Å². The lowest BCUT2D eigenvalue weighted by molar-refractivity contribution is -0.141. The highest BCUT2D eigenvalue weighted by molar-refractivity contribution is 7.92. The smallest absolute Gasteiger partial charge is 0.242 e. The Bertz CT molecular complexity index is 1170. The molecule has 0 aliphatic heterocycles. The largest absolute Gasteiger partial charge is 0.497 e. The summed E-state index contributed by atoms with van der Waals surface area (Å²) in [4.78, 5) is 28.2. The Morgan fingerprint density at radius 1 is 1.00 bits per heavy atom. The number of unbranched alkanes of at least 4 members (excludes halogenated alkanes) is 1. The van der Waals surface area contributed by atoms with Crippen molar-refractivity contribution < 1.29 is 22.7 Å². The van der Waals surface area contributed by atoms with Gasteiger partial charge < -0.3 is 15.0 Å². The molecule has 0 bridgehead atoms. The number of hydrogen-bond donors (Lipinski definition) is 1. The average molecular weight is 546 g/mol. The number of methoxy groups -OCH3 is 1. The standard InChI is InChI=1S/C29H43N3O5S/c1-7-9-18-30-29(34)27(8-2)31(21-24-13-16-26(37-5)17-14-24)28(33)11-10-19-32(38(6,35)36)25-15-12-22(3)23(4)20-25/h12-17,20,27H,7-11,18-19,21H2,1-6H3,(H,30,34)/t27-/m1/s1. The van der Waals surface area contributed by atoms with Crippen molar-refractivity contribution in [2.24, 2.45) is 0 Å². The van der Waals surface area contributed by atoms with Gasteiger partial charge in [0.15, 0.2) is 0 Å². The minimum Gasteiger partial charge on any atom is -0.497 e. The molecule has 0 fully saturated rings. The molecule has 8 nitrogen and oxygen atoms in total. The van der Waals surface area contributed by atoms with Gasteiger partial charge >= 0.3 is 0 Å². The van der Waals surface area contributed by atoms with Crippen molar-refractivity contribution in [3.63, 3.8) is 0 Å². The Hall–Kier alpha value is -3.07. The third kappa shape index (κ3) is 9.04. The fourth-order valence-electron chi connectivity index (χ4n) is 4.24. The van der Waals surface area contributed by atoms with Crippen LogP contribution >= 0.6 is 0 Å². The van der Waals surface area contributed by atoms with Crippen LogP contribution in [0.4, 0.5) is 5.69 Å². The lowest BCUT2D eigenvalue weighted by Crippen LogP contribution is -2.49. The van der Waals surface area contributed by atoms with Crippen LogP contribution in [-0.2, 0) is 26.2 Å². The summed E-state index contributed by atoms with van der Waals surface area (Å²) in [7, 11) is -1.94. The third-order valence-corrected chi connectivity index (χ3v) is 7.85. The van der Waals surface area contributed by atoms with Crippen LogP contribution in [0.25, 0.3) is 0 Å². The van der Waals surface area contributed by atoms with Crippen LogP contribution in [0.1, 0.15) is 62.6 Å². The molecular formula is C29H43N3O5S. The number of nitrogens with one attached hydrogen (secondary N) is 1. The van der Waals surface area contributed by atoms with Crippen LogP contribution in [0, 0.1) is 13.8 Å². The van der Waals surface area contributed by atoms with Crippen molar-refractivity contribution in [3.05, 3.63) is 59.2 Å². The zero-order chi connectivity index (χ0) is 28.3. The molecule has 0 saturated heterocycles. The molecule has 0 aromatic heterocycles. The summed E-state index contributed by atoms with van der Waals surface area (Å²) in [6, 6.07) is 12.3. The first-order valence-corrected chi connectivity index (χ1v) is 15.1. The Balaban J connectivity index is 2.21. The topological polar surface area (TPSA) is 96.0 Å². The third-order valence-electron chi connectivity index (χ3n) is 6.66. The van der Waals surface area contributed by atoms with Gasteiger partial charge in [0.05, 0.1) is 19.1 Å². The molecule has 2 rings (SSSR count). The molecule has 1 atom stereocenters. The zero-order valence-electron chi connectivity index (χ0n) is 23.6. The van der Waals surface area contributed by atoms with Crippen LogP contribution in [0.5, 0.6) is 5.75 Å². The molecule has 38 heavy (non-hydrogen) atoms. The minimum atomic E-state index is -3.54. The Labute approximate surface area is 228 Å². The fourth-order valence-corrected chi connectivity index (χ4v) is 5.20. The number of carbonyl (C=O) groups excluding carboxylic acids is 2. The fraction of sp³-hybridized carbons (Fsp3) is 0.517. The molecule has 0 heterocycles. The van der Waals surface area contributed by atoms with Crippen LogP contribution < -0.4 is 14.4 Å². The van der Waals surface area contributed by atoms with Gasteiger partial charge in [-0.3, -0.25) is 13.9 Å². The first-order chi connectivity index (χ1) is 18.0. The van der Waals surface area contributed by atoms with Crippen molar-refractivity contribution in [1.82, 2.24) is 10.2 Å². The number of amides is 2. The van der Waals surface area contributed by atoms with E-state index in [4.69, 9.17) is 4.74 Å². The van der Waals surface area contributed by atoms with Crippen LogP contribution in [0.3, 0.4) is 0 Å². The average Bonchev–Trinajstić information content (AvgIpc) is 2.88. The van der Waals surface area contributed by atoms with Gasteiger partial charge in [-0.05, 0) is 74.1 Å². The molecule has 0 saturated carbocycles. The van der Waals surface area contributed by atoms with Crippen molar-refractivity contribution in [3.8, 4) is 5.75 Å². The van der Waals surface area contributed by atoms with E-state index in [0.717, 1.165) is 29.5 Å². The van der Waals surface area contributed by atoms with E-state index in [1.165, 1.54) is 10.6 Å². The Morgan fingerprint density at radius 3 is 2.24 bits per heavy atom. The summed E-state index contributed by atoms with van der Waals surface area (Å²) in [6.45, 7) is 8.87. The molecule has 2 amide bonds. The van der Waals surface area contributed by atoms with Gasteiger partial charge in [0.25, 0.3) is 0 Å². The summed E-state index contributed by atoms with van der Waals surface area (Å²) in [6.07, 6.45) is 3.92. The number of hydrogen-bond acceptors (Lipinski definition) is 5. The van der Waals surface area contributed by atoms with Gasteiger partial charge in [-0.2, -0.15) is 0 Å². The number of ether oxygens (including phenoxy) is 1. The predicted molar refractivity (Wildman–Crippen MR) is 153 cm³/mol. The number of aryl methyl sites for hydroxylation is 2. The van der Waals surface area contributed by atoms with Crippen molar-refractivity contribution in [1.29, 1.82) is 0 Å². The van der Waals surface area contributed by atoms with E-state index in [0.29, 0.717) is 30.8 Å². The van der Waals surface area contributed by atoms with E-state index >= 15 is 0 Å². The second-order valence-corrected chi connectivity index (χ2v) is 11.6. The summed E-state index contributed by atoms with van der Waals surface area (Å²) in [5, 5.41) is 2.96. The first-order valence-electron chi connectivity index (χ1n) is 13.3. The first kappa shape index (κ1) is 31.1. The summed E-state index contributed by atoms with van der Waals surface area (Å²) in [5.41, 5.74) is 3.54. The van der Waals surface area contributed by atoms with Gasteiger partial charge in [-0.25, -0.2) is 8.42 Å². The van der Waals surface area contributed by atoms with Gasteiger partial charge in [-0.1, -0.05) is 38.5 Å². The van der Waals surface area contributed by atoms with Crippen LogP contribution in [0.2, 0.25) is 0 Å². The highest BCUT2D eigenvalue weighted by Gasteiger charge is 2.28. The lowest BCUT2D eigenvalue weighted by Gasteiger charge is -2.31. The number of anilines is 1. The second kappa shape index (κ2) is 14.8. The minimum absolute atomic E-state index is 0.117. The zero-order valence-corrected chi connectivity index (χ0v) is 24.4. The molecule has 1 N–H and O–H groups in total. The monoisotopic (exact) mass is 545 g/mol. The maximum Gasteiger partial charge on any atom is 0.242 e. The summed E-state index contributed by atoms with van der Waals surface area (Å²) < 4.78 is 31.7. The van der Waals surface area contributed by atoms with E-state index in [1.807, 2.05) is 57.2 Å².